The van der Waals surface area contributed by atoms with Crippen LogP contribution >= 0.6 is 0 Å². The maximum atomic E-state index is 12.5. The number of aromatic nitrogens is 5. The molecule has 3 aromatic rings. The van der Waals surface area contributed by atoms with Crippen LogP contribution in [0.25, 0.3) is 11.5 Å². The van der Waals surface area contributed by atoms with E-state index in [-0.39, 0.29) is 22.8 Å². The molecule has 0 atom stereocenters. The van der Waals surface area contributed by atoms with E-state index in [1.54, 1.807) is 0 Å². The van der Waals surface area contributed by atoms with Gasteiger partial charge in [0, 0.05) is 18.6 Å². The van der Waals surface area contributed by atoms with E-state index in [2.05, 4.69) is 15.1 Å². The van der Waals surface area contributed by atoms with E-state index < -0.39 is 18.2 Å². The number of aromatic carboxylic acids is 1. The van der Waals surface area contributed by atoms with Crippen molar-refractivity contribution in [2.75, 3.05) is 0 Å². The van der Waals surface area contributed by atoms with Gasteiger partial charge in [0.15, 0.2) is 5.82 Å². The number of halogens is 1. The first-order valence-electron chi connectivity index (χ1n) is 6.19. The quantitative estimate of drug-likeness (QED) is 0.745. The van der Waals surface area contributed by atoms with Gasteiger partial charge in [-0.05, 0) is 12.1 Å². The molecule has 3 rings (SSSR count). The Balaban J connectivity index is 1.99. The monoisotopic (exact) mass is 303 g/mol. The van der Waals surface area contributed by atoms with Crippen LogP contribution in [0.4, 0.5) is 4.39 Å². The molecule has 22 heavy (non-hydrogen) atoms. The Morgan fingerprint density at radius 1 is 1.36 bits per heavy atom. The van der Waals surface area contributed by atoms with Crippen LogP contribution in [0.2, 0.25) is 0 Å². The first kappa shape index (κ1) is 13.7. The largest absolute Gasteiger partial charge is 0.478 e. The third-order valence-electron chi connectivity index (χ3n) is 3.03. The van der Waals surface area contributed by atoms with E-state index in [1.165, 1.54) is 35.4 Å². The fourth-order valence-electron chi connectivity index (χ4n) is 1.92. The fraction of sp³-hybridized carbons (Fsp3) is 0.0769. The normalized spacial score (nSPS) is 10.8. The second kappa shape index (κ2) is 5.28. The topological polar surface area (TPSA) is 106 Å². The minimum atomic E-state index is -1.10. The Kier molecular flexibility index (Phi) is 3.30. The molecule has 0 amide bonds. The van der Waals surface area contributed by atoms with Crippen molar-refractivity contribution in [1.82, 2.24) is 24.3 Å². The van der Waals surface area contributed by atoms with Crippen molar-refractivity contribution in [2.24, 2.45) is 0 Å². The van der Waals surface area contributed by atoms with Gasteiger partial charge < -0.3 is 5.11 Å². The van der Waals surface area contributed by atoms with Gasteiger partial charge >= 0.3 is 5.97 Å². The molecule has 3 heterocycles. The highest BCUT2D eigenvalue weighted by molar-refractivity contribution is 5.87. The van der Waals surface area contributed by atoms with Crippen molar-refractivity contribution in [3.8, 4) is 11.5 Å². The Hall–Kier alpha value is -3.23. The van der Waals surface area contributed by atoms with Gasteiger partial charge in [-0.1, -0.05) is 0 Å². The molecule has 8 nitrogen and oxygen atoms in total. The zero-order valence-corrected chi connectivity index (χ0v) is 11.1. The highest BCUT2D eigenvalue weighted by Gasteiger charge is 2.12. The molecule has 9 heteroatoms. The minimum absolute atomic E-state index is 0.0192. The summed E-state index contributed by atoms with van der Waals surface area (Å²) in [4.78, 5) is 30.8. The number of alkyl halides is 1. The van der Waals surface area contributed by atoms with Crippen LogP contribution in [0.1, 0.15) is 16.1 Å². The number of carbonyl (C=O) groups is 1. The average molecular weight is 303 g/mol. The van der Waals surface area contributed by atoms with Crippen LogP contribution in [0.5, 0.6) is 0 Å². The lowest BCUT2D eigenvalue weighted by Gasteiger charge is -2.00. The van der Waals surface area contributed by atoms with Gasteiger partial charge in [0.1, 0.15) is 12.4 Å². The number of carboxylic acid groups (broad SMARTS) is 1. The van der Waals surface area contributed by atoms with Crippen molar-refractivity contribution in [3.05, 3.63) is 58.7 Å². The molecular weight excluding hydrogens is 293 g/mol. The van der Waals surface area contributed by atoms with Crippen LogP contribution < -0.4 is 5.56 Å². The summed E-state index contributed by atoms with van der Waals surface area (Å²) >= 11 is 0. The number of rotatable bonds is 4. The van der Waals surface area contributed by atoms with Crippen LogP contribution in [0.3, 0.4) is 0 Å². The summed E-state index contributed by atoms with van der Waals surface area (Å²) in [7, 11) is 0. The minimum Gasteiger partial charge on any atom is -0.478 e. The average Bonchev–Trinajstić information content (AvgIpc) is 3.13. The zero-order chi connectivity index (χ0) is 15.7. The zero-order valence-electron chi connectivity index (χ0n) is 11.1. The Bertz CT molecular complexity index is 878. The van der Waals surface area contributed by atoms with Crippen LogP contribution in [0.15, 0.2) is 41.8 Å². The molecule has 0 bridgehead atoms. The lowest BCUT2D eigenvalue weighted by Crippen LogP contribution is -2.19. The van der Waals surface area contributed by atoms with Gasteiger partial charge in [0.05, 0.1) is 17.6 Å². The van der Waals surface area contributed by atoms with Gasteiger partial charge in [0.2, 0.25) is 0 Å². The first-order valence-corrected chi connectivity index (χ1v) is 6.19. The van der Waals surface area contributed by atoms with E-state index in [0.29, 0.717) is 0 Å². The van der Waals surface area contributed by atoms with Crippen molar-refractivity contribution in [1.29, 1.82) is 0 Å². The van der Waals surface area contributed by atoms with E-state index in [0.717, 1.165) is 10.9 Å². The van der Waals surface area contributed by atoms with Gasteiger partial charge in [-0.15, -0.1) is 0 Å². The maximum absolute atomic E-state index is 12.5. The lowest BCUT2D eigenvalue weighted by molar-refractivity contribution is 0.0696. The lowest BCUT2D eigenvalue weighted by atomic mass is 10.3. The highest BCUT2D eigenvalue weighted by atomic mass is 19.1. The molecule has 0 unspecified atom stereocenters. The summed E-state index contributed by atoms with van der Waals surface area (Å²) in [6, 6.07) is 2.75. The molecule has 0 aliphatic rings. The van der Waals surface area contributed by atoms with Gasteiger partial charge in [-0.25, -0.2) is 19.2 Å². The molecule has 112 valence electrons. The van der Waals surface area contributed by atoms with Crippen molar-refractivity contribution >= 4 is 5.97 Å². The number of pyridine rings is 1. The molecule has 0 saturated heterocycles. The van der Waals surface area contributed by atoms with Gasteiger partial charge in [-0.3, -0.25) is 14.5 Å². The highest BCUT2D eigenvalue weighted by Crippen LogP contribution is 2.07. The third-order valence-corrected chi connectivity index (χ3v) is 3.03. The number of hydrogen-bond acceptors (Lipinski definition) is 4. The maximum Gasteiger partial charge on any atom is 0.337 e. The summed E-state index contributed by atoms with van der Waals surface area (Å²) in [5, 5.41) is 11.5. The predicted octanol–water partition coefficient (Wildman–Crippen LogP) is 0.914. The van der Waals surface area contributed by atoms with Crippen LogP contribution in [0, 0.1) is 0 Å². The number of carboxylic acids is 1. The van der Waals surface area contributed by atoms with Crippen molar-refractivity contribution in [2.45, 2.75) is 6.67 Å². The van der Waals surface area contributed by atoms with Gasteiger partial charge in [-0.2, -0.15) is 4.68 Å². The Morgan fingerprint density at radius 3 is 2.77 bits per heavy atom. The van der Waals surface area contributed by atoms with E-state index in [9.17, 15) is 14.0 Å². The summed E-state index contributed by atoms with van der Waals surface area (Å²) in [5.74, 6) is -0.859. The Labute approximate surface area is 122 Å². The molecule has 2 N–H and O–H groups in total. The van der Waals surface area contributed by atoms with E-state index in [4.69, 9.17) is 5.11 Å². The second-order valence-corrected chi connectivity index (χ2v) is 4.42. The smallest absolute Gasteiger partial charge is 0.337 e. The van der Waals surface area contributed by atoms with Crippen molar-refractivity contribution < 1.29 is 14.3 Å². The number of imidazole rings is 1. The Morgan fingerprint density at radius 2 is 2.18 bits per heavy atom. The molecule has 0 saturated carbocycles. The summed E-state index contributed by atoms with van der Waals surface area (Å²) in [5.41, 5.74) is 0.0663. The van der Waals surface area contributed by atoms with E-state index in [1.807, 2.05) is 0 Å². The molecular formula is C13H10FN5O3. The van der Waals surface area contributed by atoms with Gasteiger partial charge in [0.25, 0.3) is 5.56 Å². The molecule has 3 aromatic heterocycles. The first-order chi connectivity index (χ1) is 10.6. The molecule has 0 spiro atoms. The SMILES string of the molecule is O=C(O)c1ccc(-n2[nH]cc(-n3cnc(CF)c3)c2=O)nc1. The summed E-state index contributed by atoms with van der Waals surface area (Å²) in [6.45, 7) is -0.718. The number of H-pyrrole nitrogens is 1. The van der Waals surface area contributed by atoms with Crippen molar-refractivity contribution in [3.63, 3.8) is 0 Å². The predicted molar refractivity (Wildman–Crippen MR) is 73.1 cm³/mol. The van der Waals surface area contributed by atoms with E-state index >= 15 is 0 Å². The number of nitrogens with zero attached hydrogens (tertiary/aromatic N) is 4. The standard InChI is InChI=1S/C13H10FN5O3/c14-3-9-6-18(7-16-9)10-5-17-19(12(10)20)11-2-1-8(4-15-11)13(21)22/h1-2,4-7,17H,3H2,(H,21,22). The molecule has 0 aliphatic carbocycles. The summed E-state index contributed by atoms with van der Waals surface area (Å²) < 4.78 is 15.1. The molecule has 0 aromatic carbocycles. The molecule has 0 aliphatic heterocycles. The summed E-state index contributed by atoms with van der Waals surface area (Å²) in [6.07, 6.45) is 5.34. The number of nitrogens with one attached hydrogen (secondary N) is 1. The molecule has 0 radical (unpaired) electrons. The number of hydrogen-bond donors (Lipinski definition) is 2. The molecule has 0 fully saturated rings. The number of aromatic amines is 1. The second-order valence-electron chi connectivity index (χ2n) is 4.42. The third kappa shape index (κ3) is 2.28. The van der Waals surface area contributed by atoms with Crippen LogP contribution in [-0.4, -0.2) is 35.4 Å². The fourth-order valence-corrected chi connectivity index (χ4v) is 1.92. The van der Waals surface area contributed by atoms with Crippen LogP contribution in [-0.2, 0) is 6.67 Å².